The van der Waals surface area contributed by atoms with Crippen molar-refractivity contribution in [1.82, 2.24) is 9.97 Å². The van der Waals surface area contributed by atoms with Gasteiger partial charge in [0.1, 0.15) is 23.1 Å². The van der Waals surface area contributed by atoms with Crippen molar-refractivity contribution in [3.05, 3.63) is 72.4 Å². The van der Waals surface area contributed by atoms with Crippen molar-refractivity contribution in [2.24, 2.45) is 0 Å². The summed E-state index contributed by atoms with van der Waals surface area (Å²) in [6.07, 6.45) is 2.75. The third kappa shape index (κ3) is 4.08. The van der Waals surface area contributed by atoms with Crippen LogP contribution in [-0.2, 0) is 0 Å². The highest BCUT2D eigenvalue weighted by atomic mass is 19.1. The minimum Gasteiger partial charge on any atom is -0.497 e. The highest BCUT2D eigenvalue weighted by Crippen LogP contribution is 2.18. The second kappa shape index (κ2) is 7.39. The molecule has 0 radical (unpaired) electrons. The van der Waals surface area contributed by atoms with Crippen LogP contribution in [0.2, 0.25) is 0 Å². The molecule has 0 aliphatic heterocycles. The topological polar surface area (TPSA) is 76.1 Å². The summed E-state index contributed by atoms with van der Waals surface area (Å²) in [4.78, 5) is 20.3. The average molecular weight is 338 g/mol. The lowest BCUT2D eigenvalue weighted by Crippen LogP contribution is -2.15. The molecule has 0 saturated carbocycles. The lowest BCUT2D eigenvalue weighted by Gasteiger charge is -2.08. The largest absolute Gasteiger partial charge is 0.497 e. The first kappa shape index (κ1) is 16.4. The molecule has 1 heterocycles. The highest BCUT2D eigenvalue weighted by Gasteiger charge is 2.11. The van der Waals surface area contributed by atoms with Gasteiger partial charge >= 0.3 is 0 Å². The predicted molar refractivity (Wildman–Crippen MR) is 92.7 cm³/mol. The maximum absolute atomic E-state index is 13.6. The zero-order chi connectivity index (χ0) is 17.6. The molecule has 0 atom stereocenters. The van der Waals surface area contributed by atoms with Crippen molar-refractivity contribution < 1.29 is 13.9 Å². The maximum atomic E-state index is 13.6. The summed E-state index contributed by atoms with van der Waals surface area (Å²) in [6.45, 7) is 0. The van der Waals surface area contributed by atoms with Crippen molar-refractivity contribution in [1.29, 1.82) is 0 Å². The normalized spacial score (nSPS) is 10.2. The lowest BCUT2D eigenvalue weighted by atomic mass is 10.3. The number of ether oxygens (including phenoxy) is 1. The van der Waals surface area contributed by atoms with Crippen molar-refractivity contribution in [2.45, 2.75) is 0 Å². The summed E-state index contributed by atoms with van der Waals surface area (Å²) >= 11 is 0. The van der Waals surface area contributed by atoms with E-state index in [-0.39, 0.29) is 11.4 Å². The maximum Gasteiger partial charge on any atom is 0.275 e. The second-order valence-corrected chi connectivity index (χ2v) is 5.07. The van der Waals surface area contributed by atoms with Gasteiger partial charge in [-0.3, -0.25) is 4.79 Å². The number of hydrogen-bond donors (Lipinski definition) is 2. The van der Waals surface area contributed by atoms with Gasteiger partial charge < -0.3 is 15.4 Å². The van der Waals surface area contributed by atoms with E-state index in [1.807, 2.05) is 24.3 Å². The number of aromatic nitrogens is 2. The molecule has 0 unspecified atom stereocenters. The van der Waals surface area contributed by atoms with Crippen LogP contribution in [0, 0.1) is 5.82 Å². The molecule has 0 saturated heterocycles. The number of benzene rings is 2. The van der Waals surface area contributed by atoms with Crippen LogP contribution < -0.4 is 15.4 Å². The van der Waals surface area contributed by atoms with Gasteiger partial charge in [-0.05, 0) is 36.4 Å². The number of amides is 1. The summed E-state index contributed by atoms with van der Waals surface area (Å²) in [7, 11) is 1.60. The van der Waals surface area contributed by atoms with Gasteiger partial charge in [-0.1, -0.05) is 12.1 Å². The van der Waals surface area contributed by atoms with Crippen molar-refractivity contribution in [3.63, 3.8) is 0 Å². The average Bonchev–Trinajstić information content (AvgIpc) is 2.65. The Morgan fingerprint density at radius 1 is 1.04 bits per heavy atom. The van der Waals surface area contributed by atoms with Gasteiger partial charge in [0.2, 0.25) is 0 Å². The number of carbonyl (C=O) groups is 1. The fourth-order valence-electron chi connectivity index (χ4n) is 2.08. The molecule has 25 heavy (non-hydrogen) atoms. The number of carbonyl (C=O) groups excluding carboxylic acids is 1. The molecule has 0 fully saturated rings. The van der Waals surface area contributed by atoms with Gasteiger partial charge in [-0.15, -0.1) is 0 Å². The zero-order valence-corrected chi connectivity index (χ0v) is 13.4. The molecule has 6 nitrogen and oxygen atoms in total. The van der Waals surface area contributed by atoms with Crippen LogP contribution in [0.3, 0.4) is 0 Å². The van der Waals surface area contributed by atoms with Gasteiger partial charge in [-0.25, -0.2) is 14.4 Å². The molecular weight excluding hydrogens is 323 g/mol. The standard InChI is InChI=1S/C18H15FN4O2/c1-25-13-8-6-12(7-9-13)22-17-11-20-16(10-21-17)18(24)23-15-5-3-2-4-14(15)19/h2-11H,1H3,(H,21,22)(H,23,24). The van der Waals surface area contributed by atoms with Crippen LogP contribution in [0.5, 0.6) is 5.75 Å². The minimum absolute atomic E-state index is 0.0866. The van der Waals surface area contributed by atoms with Crippen LogP contribution in [-0.4, -0.2) is 23.0 Å². The minimum atomic E-state index is -0.534. The number of nitrogens with one attached hydrogen (secondary N) is 2. The second-order valence-electron chi connectivity index (χ2n) is 5.07. The molecule has 2 aromatic carbocycles. The summed E-state index contributed by atoms with van der Waals surface area (Å²) in [5.41, 5.74) is 0.983. The van der Waals surface area contributed by atoms with E-state index in [2.05, 4.69) is 20.6 Å². The summed E-state index contributed by atoms with van der Waals surface area (Å²) in [5, 5.41) is 5.52. The van der Waals surface area contributed by atoms with E-state index in [1.54, 1.807) is 19.2 Å². The molecule has 7 heteroatoms. The number of anilines is 3. The quantitative estimate of drug-likeness (QED) is 0.743. The van der Waals surface area contributed by atoms with E-state index in [0.717, 1.165) is 11.4 Å². The Morgan fingerprint density at radius 3 is 2.44 bits per heavy atom. The third-order valence-electron chi connectivity index (χ3n) is 3.37. The molecule has 3 rings (SSSR count). The Labute approximate surface area is 143 Å². The zero-order valence-electron chi connectivity index (χ0n) is 13.4. The van der Waals surface area contributed by atoms with E-state index in [4.69, 9.17) is 4.74 Å². The monoisotopic (exact) mass is 338 g/mol. The fraction of sp³-hybridized carbons (Fsp3) is 0.0556. The van der Waals surface area contributed by atoms with Crippen LogP contribution in [0.25, 0.3) is 0 Å². The Hall–Kier alpha value is -3.48. The van der Waals surface area contributed by atoms with E-state index >= 15 is 0 Å². The van der Waals surface area contributed by atoms with Gasteiger partial charge in [0.15, 0.2) is 0 Å². The molecular formula is C18H15FN4O2. The van der Waals surface area contributed by atoms with E-state index < -0.39 is 11.7 Å². The first-order valence-electron chi connectivity index (χ1n) is 7.45. The summed E-state index contributed by atoms with van der Waals surface area (Å²) in [6, 6.07) is 13.2. The van der Waals surface area contributed by atoms with Crippen molar-refractivity contribution in [3.8, 4) is 5.75 Å². The third-order valence-corrected chi connectivity index (χ3v) is 3.37. The van der Waals surface area contributed by atoms with E-state index in [9.17, 15) is 9.18 Å². The molecule has 126 valence electrons. The first-order valence-corrected chi connectivity index (χ1v) is 7.45. The molecule has 0 spiro atoms. The molecule has 1 aromatic heterocycles. The molecule has 3 aromatic rings. The molecule has 0 aliphatic carbocycles. The van der Waals surface area contributed by atoms with Gasteiger partial charge in [-0.2, -0.15) is 0 Å². The van der Waals surface area contributed by atoms with Gasteiger partial charge in [0, 0.05) is 5.69 Å². The number of methoxy groups -OCH3 is 1. The Balaban J connectivity index is 1.67. The van der Waals surface area contributed by atoms with Crippen LogP contribution in [0.4, 0.5) is 21.6 Å². The Kier molecular flexibility index (Phi) is 4.84. The molecule has 1 amide bonds. The summed E-state index contributed by atoms with van der Waals surface area (Å²) in [5.74, 6) is 0.180. The van der Waals surface area contributed by atoms with E-state index in [1.165, 1.54) is 24.5 Å². The Morgan fingerprint density at radius 2 is 1.80 bits per heavy atom. The number of nitrogens with zero attached hydrogens (tertiary/aromatic N) is 2. The Bertz CT molecular complexity index is 867. The first-order chi connectivity index (χ1) is 12.2. The molecule has 0 aliphatic rings. The smallest absolute Gasteiger partial charge is 0.275 e. The van der Waals surface area contributed by atoms with Crippen molar-refractivity contribution in [2.75, 3.05) is 17.7 Å². The van der Waals surface area contributed by atoms with Gasteiger partial charge in [0.05, 0.1) is 25.2 Å². The summed E-state index contributed by atoms with van der Waals surface area (Å²) < 4.78 is 18.6. The van der Waals surface area contributed by atoms with Crippen molar-refractivity contribution >= 4 is 23.1 Å². The van der Waals surface area contributed by atoms with Gasteiger partial charge in [0.25, 0.3) is 5.91 Å². The molecule has 0 bridgehead atoms. The highest BCUT2D eigenvalue weighted by molar-refractivity contribution is 6.02. The van der Waals surface area contributed by atoms with Crippen LogP contribution >= 0.6 is 0 Å². The number of hydrogen-bond acceptors (Lipinski definition) is 5. The lowest BCUT2D eigenvalue weighted by molar-refractivity contribution is 0.102. The predicted octanol–water partition coefficient (Wildman–Crippen LogP) is 3.62. The number of rotatable bonds is 5. The van der Waals surface area contributed by atoms with Crippen LogP contribution in [0.1, 0.15) is 10.5 Å². The SMILES string of the molecule is COc1ccc(Nc2cnc(C(=O)Nc3ccccc3F)cn2)cc1. The molecule has 2 N–H and O–H groups in total. The van der Waals surface area contributed by atoms with E-state index in [0.29, 0.717) is 5.82 Å². The fourth-order valence-corrected chi connectivity index (χ4v) is 2.08. The number of para-hydroxylation sites is 1. The number of halogens is 1. The van der Waals surface area contributed by atoms with Crippen LogP contribution in [0.15, 0.2) is 60.9 Å².